The Morgan fingerprint density at radius 2 is 1.93 bits per heavy atom. The highest BCUT2D eigenvalue weighted by atomic mass is 16.5. The number of methoxy groups -OCH3 is 1. The van der Waals surface area contributed by atoms with Crippen molar-refractivity contribution in [3.63, 3.8) is 0 Å². The van der Waals surface area contributed by atoms with E-state index >= 15 is 0 Å². The molecule has 2 aromatic carbocycles. The van der Waals surface area contributed by atoms with Crippen molar-refractivity contribution >= 4 is 5.91 Å². The van der Waals surface area contributed by atoms with Crippen molar-refractivity contribution in [3.05, 3.63) is 65.5 Å². The van der Waals surface area contributed by atoms with Crippen molar-refractivity contribution in [2.75, 3.05) is 13.7 Å². The third-order valence-corrected chi connectivity index (χ3v) is 4.29. The van der Waals surface area contributed by atoms with Crippen LogP contribution in [0, 0.1) is 6.92 Å². The van der Waals surface area contributed by atoms with Crippen molar-refractivity contribution in [1.29, 1.82) is 0 Å². The molecule has 0 atom stereocenters. The molecule has 0 bridgehead atoms. The summed E-state index contributed by atoms with van der Waals surface area (Å²) in [5, 5.41) is 6.87. The van der Waals surface area contributed by atoms with Crippen molar-refractivity contribution in [3.8, 4) is 17.1 Å². The molecule has 0 aliphatic carbocycles. The molecular formula is C21H23N3O3. The number of nitrogens with zero attached hydrogens (tertiary/aromatic N) is 2. The number of carbonyl (C=O) groups excluding carboxylic acids is 1. The summed E-state index contributed by atoms with van der Waals surface area (Å²) >= 11 is 0. The summed E-state index contributed by atoms with van der Waals surface area (Å²) in [5.74, 6) is 1.55. The number of carbonyl (C=O) groups is 1. The van der Waals surface area contributed by atoms with E-state index in [1.807, 2.05) is 55.5 Å². The average Bonchev–Trinajstić information content (AvgIpc) is 3.14. The number of hydrogen-bond acceptors (Lipinski definition) is 5. The Labute approximate surface area is 158 Å². The molecule has 0 spiro atoms. The summed E-state index contributed by atoms with van der Waals surface area (Å²) in [6.07, 6.45) is 1.83. The van der Waals surface area contributed by atoms with E-state index in [1.165, 1.54) is 5.56 Å². The van der Waals surface area contributed by atoms with Gasteiger partial charge in [0.15, 0.2) is 0 Å². The van der Waals surface area contributed by atoms with Gasteiger partial charge in [0.05, 0.1) is 7.11 Å². The second kappa shape index (κ2) is 8.98. The van der Waals surface area contributed by atoms with Crippen LogP contribution >= 0.6 is 0 Å². The van der Waals surface area contributed by atoms with Gasteiger partial charge >= 0.3 is 0 Å². The van der Waals surface area contributed by atoms with Crippen LogP contribution in [0.1, 0.15) is 23.4 Å². The number of ether oxygens (including phenoxy) is 1. The van der Waals surface area contributed by atoms with E-state index in [4.69, 9.17) is 9.26 Å². The van der Waals surface area contributed by atoms with Crippen LogP contribution in [0.25, 0.3) is 11.4 Å². The van der Waals surface area contributed by atoms with E-state index < -0.39 is 0 Å². The molecule has 6 nitrogen and oxygen atoms in total. The molecule has 0 fully saturated rings. The predicted octanol–water partition coefficient (Wildman–Crippen LogP) is 3.35. The zero-order valence-corrected chi connectivity index (χ0v) is 15.6. The third kappa shape index (κ3) is 5.17. The molecule has 1 aromatic heterocycles. The molecule has 1 amide bonds. The molecule has 3 rings (SSSR count). The quantitative estimate of drug-likeness (QED) is 0.620. The van der Waals surface area contributed by atoms with Gasteiger partial charge in [0.25, 0.3) is 0 Å². The van der Waals surface area contributed by atoms with E-state index in [9.17, 15) is 4.79 Å². The second-order valence-electron chi connectivity index (χ2n) is 6.31. The minimum absolute atomic E-state index is 0.0847. The fourth-order valence-electron chi connectivity index (χ4n) is 2.77. The van der Waals surface area contributed by atoms with Crippen LogP contribution in [-0.4, -0.2) is 29.7 Å². The van der Waals surface area contributed by atoms with Gasteiger partial charge in [0, 0.05) is 12.1 Å². The SMILES string of the molecule is COc1ccc(CCCNC(=O)Cc2nc(-c3ccccc3C)no2)cc1. The maximum atomic E-state index is 12.1. The molecule has 0 aliphatic heterocycles. The van der Waals surface area contributed by atoms with Gasteiger partial charge in [0.1, 0.15) is 12.2 Å². The Bertz CT molecular complexity index is 888. The molecule has 27 heavy (non-hydrogen) atoms. The molecule has 0 aliphatic rings. The summed E-state index contributed by atoms with van der Waals surface area (Å²) in [6.45, 7) is 2.59. The number of aryl methyl sites for hydroxylation is 2. The maximum absolute atomic E-state index is 12.1. The van der Waals surface area contributed by atoms with Crippen LogP contribution in [0.15, 0.2) is 53.1 Å². The fourth-order valence-corrected chi connectivity index (χ4v) is 2.77. The van der Waals surface area contributed by atoms with E-state index in [2.05, 4.69) is 15.5 Å². The number of aromatic nitrogens is 2. The Hall–Kier alpha value is -3.15. The van der Waals surface area contributed by atoms with Crippen molar-refractivity contribution in [2.45, 2.75) is 26.2 Å². The van der Waals surface area contributed by atoms with Gasteiger partial charge in [-0.05, 0) is 43.0 Å². The molecule has 0 saturated carbocycles. The van der Waals surface area contributed by atoms with E-state index in [0.29, 0.717) is 18.3 Å². The number of nitrogens with one attached hydrogen (secondary N) is 1. The molecule has 6 heteroatoms. The normalized spacial score (nSPS) is 10.6. The van der Waals surface area contributed by atoms with E-state index in [0.717, 1.165) is 29.7 Å². The number of hydrogen-bond donors (Lipinski definition) is 1. The van der Waals surface area contributed by atoms with Gasteiger partial charge in [-0.15, -0.1) is 0 Å². The summed E-state index contributed by atoms with van der Waals surface area (Å²) in [5.41, 5.74) is 3.19. The molecule has 1 N–H and O–H groups in total. The van der Waals surface area contributed by atoms with Gasteiger partial charge in [-0.1, -0.05) is 41.6 Å². The zero-order chi connectivity index (χ0) is 19.1. The first-order chi connectivity index (χ1) is 13.2. The second-order valence-corrected chi connectivity index (χ2v) is 6.31. The molecule has 0 radical (unpaired) electrons. The Morgan fingerprint density at radius 1 is 1.15 bits per heavy atom. The van der Waals surface area contributed by atoms with Crippen LogP contribution in [0.4, 0.5) is 0 Å². The van der Waals surface area contributed by atoms with Crippen molar-refractivity contribution in [2.24, 2.45) is 0 Å². The topological polar surface area (TPSA) is 77.2 Å². The number of amides is 1. The van der Waals surface area contributed by atoms with Gasteiger partial charge in [-0.25, -0.2) is 0 Å². The highest BCUT2D eigenvalue weighted by Gasteiger charge is 2.13. The lowest BCUT2D eigenvalue weighted by atomic mass is 10.1. The minimum atomic E-state index is -0.121. The molecule has 1 heterocycles. The third-order valence-electron chi connectivity index (χ3n) is 4.29. The molecule has 3 aromatic rings. The largest absolute Gasteiger partial charge is 0.497 e. The van der Waals surface area contributed by atoms with Gasteiger partial charge in [-0.2, -0.15) is 4.98 Å². The molecule has 0 unspecified atom stereocenters. The van der Waals surface area contributed by atoms with Crippen molar-refractivity contribution in [1.82, 2.24) is 15.5 Å². The van der Waals surface area contributed by atoms with Crippen LogP contribution < -0.4 is 10.1 Å². The lowest BCUT2D eigenvalue weighted by Crippen LogP contribution is -2.26. The standard InChI is InChI=1S/C21H23N3O3/c1-15-6-3-4-8-18(15)21-23-20(27-24-21)14-19(25)22-13-5-7-16-9-11-17(26-2)12-10-16/h3-4,6,8-12H,5,7,13-14H2,1-2H3,(H,22,25). The molecule has 140 valence electrons. The van der Waals surface area contributed by atoms with Crippen LogP contribution in [0.2, 0.25) is 0 Å². The van der Waals surface area contributed by atoms with Crippen molar-refractivity contribution < 1.29 is 14.1 Å². The Kier molecular flexibility index (Phi) is 6.20. The van der Waals surface area contributed by atoms with E-state index in [-0.39, 0.29) is 12.3 Å². The summed E-state index contributed by atoms with van der Waals surface area (Å²) in [6, 6.07) is 15.8. The van der Waals surface area contributed by atoms with Gasteiger partial charge < -0.3 is 14.6 Å². The average molecular weight is 365 g/mol. The first-order valence-electron chi connectivity index (χ1n) is 8.94. The van der Waals surface area contributed by atoms with Crippen LogP contribution in [0.5, 0.6) is 5.75 Å². The highest BCUT2D eigenvalue weighted by molar-refractivity contribution is 5.77. The number of rotatable bonds is 8. The predicted molar refractivity (Wildman–Crippen MR) is 102 cm³/mol. The monoisotopic (exact) mass is 365 g/mol. The number of benzene rings is 2. The van der Waals surface area contributed by atoms with Crippen LogP contribution in [-0.2, 0) is 17.6 Å². The zero-order valence-electron chi connectivity index (χ0n) is 15.6. The van der Waals surface area contributed by atoms with Crippen LogP contribution in [0.3, 0.4) is 0 Å². The molecular weight excluding hydrogens is 342 g/mol. The fraction of sp³-hybridized carbons (Fsp3) is 0.286. The van der Waals surface area contributed by atoms with Gasteiger partial charge in [-0.3, -0.25) is 4.79 Å². The summed E-state index contributed by atoms with van der Waals surface area (Å²) in [7, 11) is 1.65. The van der Waals surface area contributed by atoms with E-state index in [1.54, 1.807) is 7.11 Å². The summed E-state index contributed by atoms with van der Waals surface area (Å²) in [4.78, 5) is 16.4. The maximum Gasteiger partial charge on any atom is 0.236 e. The lowest BCUT2D eigenvalue weighted by Gasteiger charge is -2.05. The first-order valence-corrected chi connectivity index (χ1v) is 8.94. The minimum Gasteiger partial charge on any atom is -0.497 e. The smallest absolute Gasteiger partial charge is 0.236 e. The molecule has 0 saturated heterocycles. The Morgan fingerprint density at radius 3 is 2.67 bits per heavy atom. The lowest BCUT2D eigenvalue weighted by molar-refractivity contribution is -0.120. The van der Waals surface area contributed by atoms with Gasteiger partial charge in [0.2, 0.25) is 17.6 Å². The highest BCUT2D eigenvalue weighted by Crippen LogP contribution is 2.19. The Balaban J connectivity index is 1.43. The summed E-state index contributed by atoms with van der Waals surface area (Å²) < 4.78 is 10.4. The first kappa shape index (κ1) is 18.6.